The van der Waals surface area contributed by atoms with Gasteiger partial charge in [0.15, 0.2) is 0 Å². The number of ether oxygens (including phenoxy) is 1. The Bertz CT molecular complexity index is 505. The molecule has 0 amide bonds. The maximum absolute atomic E-state index is 11.8. The summed E-state index contributed by atoms with van der Waals surface area (Å²) in [5, 5.41) is 7.74. The highest BCUT2D eigenvalue weighted by molar-refractivity contribution is 7.19. The molecule has 0 atom stereocenters. The largest absolute Gasteiger partial charge is 0.462 e. The molecule has 3 N–H and O–H groups in total. The van der Waals surface area contributed by atoms with Crippen molar-refractivity contribution in [1.82, 2.24) is 0 Å². The van der Waals surface area contributed by atoms with Crippen LogP contribution in [-0.4, -0.2) is 31.0 Å². The summed E-state index contributed by atoms with van der Waals surface area (Å²) >= 11 is 1.30. The fourth-order valence-electron chi connectivity index (χ4n) is 1.83. The van der Waals surface area contributed by atoms with Crippen molar-refractivity contribution in [1.29, 1.82) is 5.41 Å². The summed E-state index contributed by atoms with van der Waals surface area (Å²) in [4.78, 5) is 16.9. The standard InChI is InChI=1S/C11H13N3O2S/c1-2-16-11(15)8-6-3-4-14-7(5-12)9(6)17-10(8)13/h5,12H,2-4,13H2,1H3. The Balaban J connectivity index is 2.49. The van der Waals surface area contributed by atoms with Crippen LogP contribution < -0.4 is 5.73 Å². The summed E-state index contributed by atoms with van der Waals surface area (Å²) < 4.78 is 4.99. The van der Waals surface area contributed by atoms with E-state index in [0.717, 1.165) is 10.4 Å². The molecule has 0 unspecified atom stereocenters. The number of nitrogen functional groups attached to an aromatic ring is 1. The quantitative estimate of drug-likeness (QED) is 0.630. The first-order valence-corrected chi connectivity index (χ1v) is 6.14. The maximum atomic E-state index is 11.8. The summed E-state index contributed by atoms with van der Waals surface area (Å²) in [5.74, 6) is -0.381. The Morgan fingerprint density at radius 1 is 1.71 bits per heavy atom. The molecule has 0 saturated heterocycles. The van der Waals surface area contributed by atoms with Gasteiger partial charge in [0.05, 0.1) is 22.8 Å². The van der Waals surface area contributed by atoms with E-state index >= 15 is 0 Å². The minimum atomic E-state index is -0.381. The van der Waals surface area contributed by atoms with Crippen LogP contribution in [-0.2, 0) is 11.2 Å². The predicted molar refractivity (Wildman–Crippen MR) is 68.6 cm³/mol. The monoisotopic (exact) mass is 251 g/mol. The van der Waals surface area contributed by atoms with Crippen LogP contribution in [0.2, 0.25) is 0 Å². The first-order valence-electron chi connectivity index (χ1n) is 5.32. The highest BCUT2D eigenvalue weighted by Gasteiger charge is 2.26. The molecular formula is C11H13N3O2S. The molecule has 0 radical (unpaired) electrons. The number of carbonyl (C=O) groups is 1. The van der Waals surface area contributed by atoms with E-state index in [4.69, 9.17) is 15.9 Å². The van der Waals surface area contributed by atoms with Crippen molar-refractivity contribution in [3.05, 3.63) is 16.0 Å². The number of hydrogen-bond acceptors (Lipinski definition) is 6. The molecule has 0 fully saturated rings. The lowest BCUT2D eigenvalue weighted by Crippen LogP contribution is -2.15. The Morgan fingerprint density at radius 3 is 3.12 bits per heavy atom. The van der Waals surface area contributed by atoms with Gasteiger partial charge in [-0.05, 0) is 18.9 Å². The fraction of sp³-hybridized carbons (Fsp3) is 0.364. The summed E-state index contributed by atoms with van der Waals surface area (Å²) in [6, 6.07) is 0. The molecule has 1 aliphatic rings. The second kappa shape index (κ2) is 4.67. The summed E-state index contributed by atoms with van der Waals surface area (Å²) in [6.45, 7) is 2.67. The number of thiophene rings is 1. The Kier molecular flexibility index (Phi) is 3.23. The second-order valence-electron chi connectivity index (χ2n) is 3.53. The van der Waals surface area contributed by atoms with Gasteiger partial charge in [0, 0.05) is 12.8 Å². The lowest BCUT2D eigenvalue weighted by Gasteiger charge is -2.10. The smallest absolute Gasteiger partial charge is 0.341 e. The minimum absolute atomic E-state index is 0.328. The molecular weight excluding hydrogens is 238 g/mol. The van der Waals surface area contributed by atoms with E-state index in [9.17, 15) is 4.79 Å². The van der Waals surface area contributed by atoms with Gasteiger partial charge in [0.2, 0.25) is 0 Å². The van der Waals surface area contributed by atoms with Gasteiger partial charge in [-0.2, -0.15) is 0 Å². The van der Waals surface area contributed by atoms with Gasteiger partial charge in [0.1, 0.15) is 5.00 Å². The van der Waals surface area contributed by atoms with Crippen LogP contribution in [0.15, 0.2) is 4.99 Å². The third-order valence-electron chi connectivity index (χ3n) is 2.53. The van der Waals surface area contributed by atoms with E-state index in [-0.39, 0.29) is 5.97 Å². The van der Waals surface area contributed by atoms with Gasteiger partial charge in [-0.3, -0.25) is 4.99 Å². The first-order chi connectivity index (χ1) is 8.19. The molecule has 1 aromatic rings. The summed E-state index contributed by atoms with van der Waals surface area (Å²) in [5.41, 5.74) is 7.79. The average molecular weight is 251 g/mol. The molecule has 17 heavy (non-hydrogen) atoms. The SMILES string of the molecule is CCOC(=O)c1c(N)sc2c1CCN=C2C=N. The summed E-state index contributed by atoms with van der Waals surface area (Å²) in [7, 11) is 0. The van der Waals surface area contributed by atoms with E-state index in [1.807, 2.05) is 0 Å². The van der Waals surface area contributed by atoms with E-state index in [0.29, 0.717) is 35.8 Å². The highest BCUT2D eigenvalue weighted by Crippen LogP contribution is 2.34. The van der Waals surface area contributed by atoms with E-state index in [1.165, 1.54) is 17.6 Å². The molecule has 5 nitrogen and oxygen atoms in total. The molecule has 1 aromatic heterocycles. The van der Waals surface area contributed by atoms with Gasteiger partial charge in [0.25, 0.3) is 0 Å². The minimum Gasteiger partial charge on any atom is -0.462 e. The van der Waals surface area contributed by atoms with E-state index in [2.05, 4.69) is 4.99 Å². The predicted octanol–water partition coefficient (Wildman–Crippen LogP) is 1.50. The number of aliphatic imine (C=N–C) groups is 1. The van der Waals surface area contributed by atoms with Gasteiger partial charge >= 0.3 is 5.97 Å². The van der Waals surface area contributed by atoms with Crippen molar-refractivity contribution in [2.45, 2.75) is 13.3 Å². The third-order valence-corrected chi connectivity index (χ3v) is 3.61. The van der Waals surface area contributed by atoms with E-state index in [1.54, 1.807) is 6.92 Å². The van der Waals surface area contributed by atoms with Crippen LogP contribution in [0.25, 0.3) is 0 Å². The number of rotatable bonds is 3. The van der Waals surface area contributed by atoms with Gasteiger partial charge in [-0.25, -0.2) is 4.79 Å². The van der Waals surface area contributed by atoms with Crippen LogP contribution >= 0.6 is 11.3 Å². The summed E-state index contributed by atoms with van der Waals surface area (Å²) in [6.07, 6.45) is 1.87. The number of esters is 1. The number of hydrogen-bond donors (Lipinski definition) is 2. The van der Waals surface area contributed by atoms with Crippen molar-refractivity contribution < 1.29 is 9.53 Å². The normalized spacial score (nSPS) is 13.8. The maximum Gasteiger partial charge on any atom is 0.341 e. The molecule has 6 heteroatoms. The van der Waals surface area contributed by atoms with Crippen molar-refractivity contribution in [2.24, 2.45) is 4.99 Å². The van der Waals surface area contributed by atoms with Crippen LogP contribution in [0.5, 0.6) is 0 Å². The Morgan fingerprint density at radius 2 is 2.47 bits per heavy atom. The number of carbonyl (C=O) groups excluding carboxylic acids is 1. The number of fused-ring (bicyclic) bond motifs is 1. The first kappa shape index (κ1) is 11.8. The molecule has 0 aliphatic carbocycles. The topological polar surface area (TPSA) is 88.5 Å². The molecule has 1 aliphatic heterocycles. The number of nitrogens with one attached hydrogen (secondary N) is 1. The van der Waals surface area contributed by atoms with Crippen molar-refractivity contribution in [3.63, 3.8) is 0 Å². The van der Waals surface area contributed by atoms with Crippen molar-refractivity contribution in [2.75, 3.05) is 18.9 Å². The van der Waals surface area contributed by atoms with Crippen molar-refractivity contribution in [3.8, 4) is 0 Å². The molecule has 0 aromatic carbocycles. The highest BCUT2D eigenvalue weighted by atomic mass is 32.1. The molecule has 90 valence electrons. The van der Waals surface area contributed by atoms with Gasteiger partial charge < -0.3 is 15.9 Å². The van der Waals surface area contributed by atoms with Crippen LogP contribution in [0.1, 0.15) is 27.7 Å². The lowest BCUT2D eigenvalue weighted by molar-refractivity contribution is 0.0527. The van der Waals surface area contributed by atoms with Crippen molar-refractivity contribution >= 4 is 34.2 Å². The third kappa shape index (κ3) is 1.95. The number of nitrogens with two attached hydrogens (primary N) is 1. The van der Waals surface area contributed by atoms with E-state index < -0.39 is 0 Å². The molecule has 0 saturated carbocycles. The molecule has 2 heterocycles. The zero-order valence-electron chi connectivity index (χ0n) is 9.45. The average Bonchev–Trinajstić information content (AvgIpc) is 2.65. The molecule has 0 spiro atoms. The zero-order valence-corrected chi connectivity index (χ0v) is 10.3. The lowest BCUT2D eigenvalue weighted by atomic mass is 10.0. The van der Waals surface area contributed by atoms with Crippen LogP contribution in [0.4, 0.5) is 5.00 Å². The molecule has 2 rings (SSSR count). The number of anilines is 1. The Labute approximate surface area is 103 Å². The fourth-order valence-corrected chi connectivity index (χ4v) is 2.91. The van der Waals surface area contributed by atoms with Gasteiger partial charge in [-0.1, -0.05) is 0 Å². The second-order valence-corrected chi connectivity index (χ2v) is 4.58. The van der Waals surface area contributed by atoms with Crippen LogP contribution in [0.3, 0.4) is 0 Å². The van der Waals surface area contributed by atoms with Crippen LogP contribution in [0, 0.1) is 5.41 Å². The molecule has 0 bridgehead atoms. The zero-order chi connectivity index (χ0) is 12.4. The number of nitrogens with zero attached hydrogens (tertiary/aromatic N) is 1. The van der Waals surface area contributed by atoms with Gasteiger partial charge in [-0.15, -0.1) is 11.3 Å². The Hall–Kier alpha value is -1.69.